The summed E-state index contributed by atoms with van der Waals surface area (Å²) in [6.45, 7) is 0.656. The molecule has 24 heavy (non-hydrogen) atoms. The van der Waals surface area contributed by atoms with Crippen LogP contribution in [0.3, 0.4) is 0 Å². The molecule has 0 aliphatic carbocycles. The number of hydrogen-bond donors (Lipinski definition) is 1. The second kappa shape index (κ2) is 9.45. The monoisotopic (exact) mass is 325 g/mol. The van der Waals surface area contributed by atoms with Crippen molar-refractivity contribution >= 4 is 11.8 Å². The molecule has 0 bridgehead atoms. The van der Waals surface area contributed by atoms with Gasteiger partial charge in [0.05, 0.1) is 6.54 Å². The first-order chi connectivity index (χ1) is 11.6. The molecule has 2 amide bonds. The van der Waals surface area contributed by atoms with Gasteiger partial charge in [-0.1, -0.05) is 30.3 Å². The first kappa shape index (κ1) is 17.7. The molecule has 1 N–H and O–H groups in total. The molecule has 0 radical (unpaired) electrons. The Labute approximate surface area is 142 Å². The van der Waals surface area contributed by atoms with Crippen LogP contribution in [0.15, 0.2) is 54.9 Å². The first-order valence-corrected chi connectivity index (χ1v) is 8.08. The summed E-state index contributed by atoms with van der Waals surface area (Å²) in [5.74, 6) is -0.188. The zero-order valence-electron chi connectivity index (χ0n) is 13.9. The quantitative estimate of drug-likeness (QED) is 0.805. The number of nitrogens with one attached hydrogen (secondary N) is 1. The van der Waals surface area contributed by atoms with E-state index in [-0.39, 0.29) is 18.4 Å². The van der Waals surface area contributed by atoms with Crippen molar-refractivity contribution in [1.29, 1.82) is 0 Å². The van der Waals surface area contributed by atoms with E-state index >= 15 is 0 Å². The van der Waals surface area contributed by atoms with Crippen LogP contribution in [-0.2, 0) is 22.4 Å². The minimum Gasteiger partial charge on any atom is -0.347 e. The molecule has 2 aromatic rings. The molecular weight excluding hydrogens is 302 g/mol. The number of aromatic nitrogens is 1. The largest absolute Gasteiger partial charge is 0.347 e. The number of rotatable bonds is 8. The minimum atomic E-state index is -0.102. The third-order valence-electron chi connectivity index (χ3n) is 3.83. The van der Waals surface area contributed by atoms with Crippen LogP contribution in [-0.4, -0.2) is 41.8 Å². The highest BCUT2D eigenvalue weighted by Gasteiger charge is 2.10. The molecule has 0 saturated heterocycles. The van der Waals surface area contributed by atoms with Crippen LogP contribution < -0.4 is 5.32 Å². The van der Waals surface area contributed by atoms with E-state index in [1.807, 2.05) is 42.5 Å². The molecule has 0 spiro atoms. The minimum absolute atomic E-state index is 0.0421. The van der Waals surface area contributed by atoms with Crippen molar-refractivity contribution in [2.24, 2.45) is 0 Å². The van der Waals surface area contributed by atoms with Gasteiger partial charge in [0, 0.05) is 32.4 Å². The molecule has 1 aromatic carbocycles. The van der Waals surface area contributed by atoms with E-state index < -0.39 is 0 Å². The van der Waals surface area contributed by atoms with Crippen molar-refractivity contribution in [2.75, 3.05) is 20.1 Å². The Morgan fingerprint density at radius 2 is 1.67 bits per heavy atom. The number of hydrogen-bond acceptors (Lipinski definition) is 3. The average molecular weight is 325 g/mol. The predicted octanol–water partition coefficient (Wildman–Crippen LogP) is 1.83. The van der Waals surface area contributed by atoms with Crippen molar-refractivity contribution in [3.8, 4) is 0 Å². The van der Waals surface area contributed by atoms with Crippen molar-refractivity contribution in [3.63, 3.8) is 0 Å². The van der Waals surface area contributed by atoms with Crippen molar-refractivity contribution in [3.05, 3.63) is 66.0 Å². The second-order valence-corrected chi connectivity index (χ2v) is 5.68. The van der Waals surface area contributed by atoms with Gasteiger partial charge in [0.15, 0.2) is 0 Å². The normalized spacial score (nSPS) is 10.2. The van der Waals surface area contributed by atoms with Gasteiger partial charge in [-0.25, -0.2) is 0 Å². The Hall–Kier alpha value is -2.69. The summed E-state index contributed by atoms with van der Waals surface area (Å²) in [7, 11) is 1.75. The van der Waals surface area contributed by atoms with Gasteiger partial charge >= 0.3 is 0 Å². The summed E-state index contributed by atoms with van der Waals surface area (Å²) in [5, 5.41) is 2.69. The van der Waals surface area contributed by atoms with Gasteiger partial charge < -0.3 is 10.2 Å². The Bertz CT molecular complexity index is 644. The molecule has 126 valence electrons. The highest BCUT2D eigenvalue weighted by atomic mass is 16.2. The van der Waals surface area contributed by atoms with Gasteiger partial charge in [0.2, 0.25) is 11.8 Å². The van der Waals surface area contributed by atoms with Crippen LogP contribution >= 0.6 is 0 Å². The zero-order valence-corrected chi connectivity index (χ0v) is 13.9. The van der Waals surface area contributed by atoms with Crippen molar-refractivity contribution < 1.29 is 9.59 Å². The fourth-order valence-electron chi connectivity index (χ4n) is 2.27. The van der Waals surface area contributed by atoms with E-state index in [0.717, 1.165) is 17.5 Å². The number of aryl methyl sites for hydroxylation is 1. The number of nitrogens with zero attached hydrogens (tertiary/aromatic N) is 2. The molecule has 1 aromatic heterocycles. The lowest BCUT2D eigenvalue weighted by Crippen LogP contribution is -2.39. The maximum absolute atomic E-state index is 12.0. The molecule has 5 nitrogen and oxygen atoms in total. The van der Waals surface area contributed by atoms with Crippen molar-refractivity contribution in [1.82, 2.24) is 15.2 Å². The lowest BCUT2D eigenvalue weighted by atomic mass is 10.1. The fourth-order valence-corrected chi connectivity index (χ4v) is 2.27. The van der Waals surface area contributed by atoms with Crippen LogP contribution in [0.25, 0.3) is 0 Å². The maximum atomic E-state index is 12.0. The maximum Gasteiger partial charge on any atom is 0.241 e. The average Bonchev–Trinajstić information content (AvgIpc) is 2.64. The highest BCUT2D eigenvalue weighted by Crippen LogP contribution is 2.02. The summed E-state index contributed by atoms with van der Waals surface area (Å²) in [5.41, 5.74) is 2.25. The van der Waals surface area contributed by atoms with Gasteiger partial charge in [0.1, 0.15) is 0 Å². The van der Waals surface area contributed by atoms with Gasteiger partial charge in [-0.05, 0) is 36.1 Å². The van der Waals surface area contributed by atoms with Crippen LogP contribution in [0.5, 0.6) is 0 Å². The summed E-state index contributed by atoms with van der Waals surface area (Å²) in [4.78, 5) is 29.5. The Balaban J connectivity index is 1.65. The van der Waals surface area contributed by atoms with Gasteiger partial charge in [-0.3, -0.25) is 14.6 Å². The van der Waals surface area contributed by atoms with Crippen LogP contribution in [0, 0.1) is 0 Å². The van der Waals surface area contributed by atoms with Crippen molar-refractivity contribution in [2.45, 2.75) is 19.3 Å². The molecule has 0 saturated carbocycles. The SMILES string of the molecule is CN(CCc1ccncc1)C(=O)CNC(=O)CCc1ccccc1. The van der Waals surface area contributed by atoms with Gasteiger partial charge in [-0.15, -0.1) is 0 Å². The number of benzene rings is 1. The number of amides is 2. The molecule has 0 unspecified atom stereocenters. The van der Waals surface area contributed by atoms with E-state index in [2.05, 4.69) is 10.3 Å². The number of likely N-dealkylation sites (N-methyl/N-ethyl adjacent to an activating group) is 1. The molecule has 2 rings (SSSR count). The standard InChI is InChI=1S/C19H23N3O2/c1-22(14-11-17-9-12-20-13-10-17)19(24)15-21-18(23)8-7-16-5-3-2-4-6-16/h2-6,9-10,12-13H,7-8,11,14-15H2,1H3,(H,21,23). The van der Waals surface area contributed by atoms with Gasteiger partial charge in [-0.2, -0.15) is 0 Å². The molecular formula is C19H23N3O2. The Morgan fingerprint density at radius 1 is 1.00 bits per heavy atom. The molecule has 0 atom stereocenters. The third-order valence-corrected chi connectivity index (χ3v) is 3.83. The topological polar surface area (TPSA) is 62.3 Å². The highest BCUT2D eigenvalue weighted by molar-refractivity contribution is 5.84. The lowest BCUT2D eigenvalue weighted by molar-refractivity contribution is -0.131. The second-order valence-electron chi connectivity index (χ2n) is 5.68. The first-order valence-electron chi connectivity index (χ1n) is 8.08. The Morgan fingerprint density at radius 3 is 2.38 bits per heavy atom. The molecule has 0 fully saturated rings. The summed E-state index contributed by atoms with van der Waals surface area (Å²) in [6, 6.07) is 13.7. The summed E-state index contributed by atoms with van der Waals surface area (Å²) < 4.78 is 0. The Kier molecular flexibility index (Phi) is 6.95. The summed E-state index contributed by atoms with van der Waals surface area (Å²) in [6.07, 6.45) is 5.32. The predicted molar refractivity (Wildman–Crippen MR) is 93.4 cm³/mol. The van der Waals surface area contributed by atoms with Crippen LogP contribution in [0.2, 0.25) is 0 Å². The van der Waals surface area contributed by atoms with E-state index in [0.29, 0.717) is 19.4 Å². The molecule has 0 aliphatic heterocycles. The van der Waals surface area contributed by atoms with Gasteiger partial charge in [0.25, 0.3) is 0 Å². The molecule has 0 aliphatic rings. The smallest absolute Gasteiger partial charge is 0.241 e. The zero-order chi connectivity index (χ0) is 17.2. The fraction of sp³-hybridized carbons (Fsp3) is 0.316. The lowest BCUT2D eigenvalue weighted by Gasteiger charge is -2.17. The number of carbonyl (C=O) groups excluding carboxylic acids is 2. The number of carbonyl (C=O) groups is 2. The molecule has 5 heteroatoms. The van der Waals surface area contributed by atoms with E-state index in [9.17, 15) is 9.59 Å². The molecule has 1 heterocycles. The van der Waals surface area contributed by atoms with Crippen LogP contribution in [0.4, 0.5) is 0 Å². The third kappa shape index (κ3) is 6.20. The van der Waals surface area contributed by atoms with Crippen LogP contribution in [0.1, 0.15) is 17.5 Å². The van der Waals surface area contributed by atoms with E-state index in [1.165, 1.54) is 0 Å². The summed E-state index contributed by atoms with van der Waals surface area (Å²) >= 11 is 0. The van der Waals surface area contributed by atoms with E-state index in [4.69, 9.17) is 0 Å². The number of pyridine rings is 1. The van der Waals surface area contributed by atoms with E-state index in [1.54, 1.807) is 24.3 Å².